The molecule has 9 heteroatoms. The summed E-state index contributed by atoms with van der Waals surface area (Å²) in [7, 11) is 3.26. The minimum Gasteiger partial charge on any atom is -0.476 e. The Kier molecular flexibility index (Phi) is 9.74. The molecule has 1 aliphatic heterocycles. The molecule has 0 aliphatic carbocycles. The van der Waals surface area contributed by atoms with Crippen LogP contribution in [0.1, 0.15) is 33.1 Å². The number of anilines is 2. The average molecular weight is 500 g/mol. The van der Waals surface area contributed by atoms with E-state index in [0.29, 0.717) is 48.0 Å². The maximum atomic E-state index is 13.1. The molecule has 7 nitrogen and oxygen atoms in total. The van der Waals surface area contributed by atoms with Crippen LogP contribution in [0, 0.1) is 28.2 Å². The molecule has 0 fully saturated rings. The van der Waals surface area contributed by atoms with Crippen molar-refractivity contribution in [2.75, 3.05) is 37.4 Å². The van der Waals surface area contributed by atoms with E-state index in [0.717, 1.165) is 5.57 Å². The first kappa shape index (κ1) is 27.8. The van der Waals surface area contributed by atoms with Crippen molar-refractivity contribution < 1.29 is 13.9 Å². The van der Waals surface area contributed by atoms with Crippen molar-refractivity contribution in [3.63, 3.8) is 0 Å². The molecule has 1 heterocycles. The highest BCUT2D eigenvalue weighted by Gasteiger charge is 2.33. The second-order valence-electron chi connectivity index (χ2n) is 8.58. The lowest BCUT2D eigenvalue weighted by molar-refractivity contribution is -0.137. The molecule has 0 saturated heterocycles. The third kappa shape index (κ3) is 7.00. The Balaban J connectivity index is 2.11. The van der Waals surface area contributed by atoms with Crippen molar-refractivity contribution in [1.82, 2.24) is 4.90 Å². The van der Waals surface area contributed by atoms with Crippen LogP contribution in [0.5, 0.6) is 5.75 Å². The van der Waals surface area contributed by atoms with Gasteiger partial charge in [-0.2, -0.15) is 10.5 Å². The molecule has 0 spiro atoms. The first-order chi connectivity index (χ1) is 16.6. The fraction of sp³-hybridized carbons (Fsp3) is 0.423. The summed E-state index contributed by atoms with van der Waals surface area (Å²) in [6, 6.07) is 5.69. The summed E-state index contributed by atoms with van der Waals surface area (Å²) in [6.45, 7) is 7.66. The number of allylic oxidation sites excluding steroid dienone is 5. The average Bonchev–Trinajstić information content (AvgIpc) is 2.86. The lowest BCUT2D eigenvalue weighted by atomic mass is 9.77. The molecule has 0 bridgehead atoms. The number of nitrogens with zero attached hydrogens (tertiary/aromatic N) is 4. The van der Waals surface area contributed by atoms with Crippen molar-refractivity contribution >= 4 is 28.9 Å². The minimum atomic E-state index is -0.770. The number of carbonyl (C=O) groups is 1. The molecular formula is C26H31ClFN5O2. The Morgan fingerprint density at radius 2 is 2.11 bits per heavy atom. The van der Waals surface area contributed by atoms with Gasteiger partial charge in [-0.15, -0.1) is 0 Å². The molecule has 1 amide bonds. The van der Waals surface area contributed by atoms with Crippen LogP contribution >= 0.6 is 11.6 Å². The predicted octanol–water partition coefficient (Wildman–Crippen LogP) is 5.57. The number of fused-ring (bicyclic) bond motifs is 1. The van der Waals surface area contributed by atoms with Gasteiger partial charge in [0.2, 0.25) is 0 Å². The number of hydrogen-bond acceptors (Lipinski definition) is 6. The summed E-state index contributed by atoms with van der Waals surface area (Å²) in [5, 5.41) is 22.7. The van der Waals surface area contributed by atoms with Crippen molar-refractivity contribution in [2.24, 2.45) is 5.41 Å². The van der Waals surface area contributed by atoms with Gasteiger partial charge in [0.05, 0.1) is 40.3 Å². The van der Waals surface area contributed by atoms with Gasteiger partial charge in [-0.05, 0) is 43.9 Å². The van der Waals surface area contributed by atoms with Crippen molar-refractivity contribution in [2.45, 2.75) is 39.2 Å². The third-order valence-corrected chi connectivity index (χ3v) is 6.43. The SMILES string of the molecule is C=C/C(=C\C=C(/C)F)CC(C#N)(CC)CCN(C)C(=O)C1CNc2cc(Cl)c(N(C)C#N)cc2O1. The fourth-order valence-corrected chi connectivity index (χ4v) is 4.03. The van der Waals surface area contributed by atoms with Crippen LogP contribution in [0.25, 0.3) is 0 Å². The van der Waals surface area contributed by atoms with Crippen LogP contribution < -0.4 is 15.0 Å². The van der Waals surface area contributed by atoms with E-state index in [-0.39, 0.29) is 18.3 Å². The van der Waals surface area contributed by atoms with Crippen molar-refractivity contribution in [1.29, 1.82) is 10.5 Å². The van der Waals surface area contributed by atoms with Crippen LogP contribution in [-0.2, 0) is 4.79 Å². The van der Waals surface area contributed by atoms with Gasteiger partial charge in [0.1, 0.15) is 5.75 Å². The number of likely N-dealkylation sites (N-methyl/N-ethyl adjacent to an activating group) is 1. The molecule has 1 aromatic carbocycles. The Labute approximate surface area is 211 Å². The molecule has 186 valence electrons. The summed E-state index contributed by atoms with van der Waals surface area (Å²) in [5.74, 6) is -0.127. The van der Waals surface area contributed by atoms with Crippen molar-refractivity contribution in [3.05, 3.63) is 53.4 Å². The number of hydrogen-bond donors (Lipinski definition) is 1. The molecule has 1 aliphatic rings. The van der Waals surface area contributed by atoms with E-state index in [1.54, 1.807) is 43.3 Å². The van der Waals surface area contributed by atoms with E-state index in [1.165, 1.54) is 17.9 Å². The zero-order chi connectivity index (χ0) is 26.2. The van der Waals surface area contributed by atoms with Crippen LogP contribution in [-0.4, -0.2) is 44.1 Å². The summed E-state index contributed by atoms with van der Waals surface area (Å²) >= 11 is 6.26. The predicted molar refractivity (Wildman–Crippen MR) is 137 cm³/mol. The maximum absolute atomic E-state index is 13.1. The Bertz CT molecular complexity index is 1100. The van der Waals surface area contributed by atoms with Gasteiger partial charge >= 0.3 is 0 Å². The monoisotopic (exact) mass is 499 g/mol. The second kappa shape index (κ2) is 12.3. The maximum Gasteiger partial charge on any atom is 0.265 e. The number of rotatable bonds is 10. The number of nitriles is 2. The highest BCUT2D eigenvalue weighted by molar-refractivity contribution is 6.33. The van der Waals surface area contributed by atoms with E-state index in [4.69, 9.17) is 21.6 Å². The van der Waals surface area contributed by atoms with E-state index < -0.39 is 11.5 Å². The second-order valence-corrected chi connectivity index (χ2v) is 8.98. The standard InChI is InChI=1S/C26H31ClFN5O2/c1-6-19(9-8-18(3)28)14-26(7-2,16-29)10-11-32(4)25(34)24-15-31-21-12-20(27)22(33(5)17-30)13-23(21)35-24/h6,8-9,12-13,24,31H,1,7,10-11,14-15H2,2-5H3/b18-8+,19-9+. The Hall–Kier alpha value is -3.49. The molecular weight excluding hydrogens is 469 g/mol. The number of halogens is 2. The first-order valence-corrected chi connectivity index (χ1v) is 11.7. The number of benzene rings is 1. The van der Waals surface area contributed by atoms with Gasteiger partial charge in [-0.1, -0.05) is 37.3 Å². The highest BCUT2D eigenvalue weighted by Crippen LogP contribution is 2.39. The van der Waals surface area contributed by atoms with E-state index in [1.807, 2.05) is 13.1 Å². The minimum absolute atomic E-state index is 0.230. The number of nitrogens with one attached hydrogen (secondary N) is 1. The molecule has 2 rings (SSSR count). The molecule has 1 N–H and O–H groups in total. The third-order valence-electron chi connectivity index (χ3n) is 6.13. The molecule has 2 unspecified atom stereocenters. The van der Waals surface area contributed by atoms with E-state index in [2.05, 4.69) is 18.0 Å². The van der Waals surface area contributed by atoms with Crippen LogP contribution in [0.4, 0.5) is 15.8 Å². The zero-order valence-corrected chi connectivity index (χ0v) is 21.3. The quantitative estimate of drug-likeness (QED) is 0.257. The number of carbonyl (C=O) groups excluding carboxylic acids is 1. The van der Waals surface area contributed by atoms with Gasteiger partial charge in [0.25, 0.3) is 5.91 Å². The molecule has 0 aromatic heterocycles. The summed E-state index contributed by atoms with van der Waals surface area (Å²) in [5.41, 5.74) is 1.15. The summed E-state index contributed by atoms with van der Waals surface area (Å²) in [4.78, 5) is 16.0. The van der Waals surface area contributed by atoms with Gasteiger partial charge in [-0.25, -0.2) is 4.39 Å². The molecule has 35 heavy (non-hydrogen) atoms. The summed E-state index contributed by atoms with van der Waals surface area (Å²) < 4.78 is 19.1. The number of ether oxygens (including phenoxy) is 1. The zero-order valence-electron chi connectivity index (χ0n) is 20.6. The lowest BCUT2D eigenvalue weighted by Crippen LogP contribution is -2.46. The van der Waals surface area contributed by atoms with Gasteiger partial charge in [0, 0.05) is 26.7 Å². The Morgan fingerprint density at radius 1 is 1.40 bits per heavy atom. The Morgan fingerprint density at radius 3 is 2.69 bits per heavy atom. The lowest BCUT2D eigenvalue weighted by Gasteiger charge is -2.32. The van der Waals surface area contributed by atoms with Crippen molar-refractivity contribution in [3.8, 4) is 18.0 Å². The molecule has 0 saturated carbocycles. The van der Waals surface area contributed by atoms with E-state index >= 15 is 0 Å². The molecule has 0 radical (unpaired) electrons. The van der Waals surface area contributed by atoms with Gasteiger partial charge in [0.15, 0.2) is 12.3 Å². The fourth-order valence-electron chi connectivity index (χ4n) is 3.74. The topological polar surface area (TPSA) is 92.4 Å². The smallest absolute Gasteiger partial charge is 0.265 e. The van der Waals surface area contributed by atoms with Gasteiger partial charge in [-0.3, -0.25) is 9.69 Å². The highest BCUT2D eigenvalue weighted by atomic mass is 35.5. The van der Waals surface area contributed by atoms with Crippen LogP contribution in [0.3, 0.4) is 0 Å². The molecule has 2 atom stereocenters. The number of amides is 1. The van der Waals surface area contributed by atoms with Gasteiger partial charge < -0.3 is 15.0 Å². The van der Waals surface area contributed by atoms with Crippen LogP contribution in [0.2, 0.25) is 5.02 Å². The van der Waals surface area contributed by atoms with E-state index in [9.17, 15) is 14.4 Å². The molecule has 1 aromatic rings. The normalized spacial score (nSPS) is 17.0. The first-order valence-electron chi connectivity index (χ1n) is 11.3. The largest absolute Gasteiger partial charge is 0.476 e. The van der Waals surface area contributed by atoms with Crippen LogP contribution in [0.15, 0.2) is 48.3 Å². The summed E-state index contributed by atoms with van der Waals surface area (Å²) in [6.07, 6.45) is 7.24.